The number of nitrogens with zero attached hydrogens (tertiary/aromatic N) is 1. The minimum absolute atomic E-state index is 0.148. The maximum absolute atomic E-state index is 10.3. The van der Waals surface area contributed by atoms with E-state index in [9.17, 15) is 10.2 Å². The number of ether oxygens (including phenoxy) is 1. The third kappa shape index (κ3) is 1.44. The predicted molar refractivity (Wildman–Crippen MR) is 82.6 cm³/mol. The molecule has 22 heavy (non-hydrogen) atoms. The second-order valence-corrected chi connectivity index (χ2v) is 6.18. The van der Waals surface area contributed by atoms with Crippen LogP contribution in [0.2, 0.25) is 0 Å². The number of aromatic nitrogens is 1. The van der Waals surface area contributed by atoms with E-state index in [0.717, 1.165) is 32.9 Å². The molecule has 2 unspecified atom stereocenters. The fourth-order valence-corrected chi connectivity index (χ4v) is 3.74. The number of epoxide rings is 1. The van der Waals surface area contributed by atoms with E-state index in [1.54, 1.807) is 0 Å². The molecule has 4 nitrogen and oxygen atoms in total. The quantitative estimate of drug-likeness (QED) is 0.494. The monoisotopic (exact) mass is 293 g/mol. The molecule has 2 heterocycles. The molecule has 0 saturated carbocycles. The van der Waals surface area contributed by atoms with E-state index in [1.165, 1.54) is 5.56 Å². The number of hydrogen-bond acceptors (Lipinski definition) is 4. The van der Waals surface area contributed by atoms with Crippen LogP contribution in [-0.4, -0.2) is 27.4 Å². The van der Waals surface area contributed by atoms with Crippen molar-refractivity contribution in [2.75, 3.05) is 0 Å². The van der Waals surface area contributed by atoms with E-state index < -0.39 is 12.2 Å². The van der Waals surface area contributed by atoms with Crippen LogP contribution >= 0.6 is 0 Å². The fourth-order valence-electron chi connectivity index (χ4n) is 3.74. The largest absolute Gasteiger partial charge is 0.387 e. The number of aliphatic hydroxyl groups is 2. The molecule has 0 amide bonds. The highest BCUT2D eigenvalue weighted by Crippen LogP contribution is 2.52. The molecule has 1 aliphatic heterocycles. The van der Waals surface area contributed by atoms with Crippen LogP contribution in [0.25, 0.3) is 21.8 Å². The van der Waals surface area contributed by atoms with Crippen LogP contribution in [-0.2, 0) is 4.74 Å². The number of hydrogen-bond donors (Lipinski definition) is 2. The highest BCUT2D eigenvalue weighted by Gasteiger charge is 2.54. The maximum atomic E-state index is 10.3. The average molecular weight is 293 g/mol. The molecule has 1 aromatic heterocycles. The zero-order valence-corrected chi connectivity index (χ0v) is 12.0. The Kier molecular flexibility index (Phi) is 2.30. The first kappa shape index (κ1) is 12.5. The number of para-hydroxylation sites is 1. The first-order chi connectivity index (χ1) is 10.7. The predicted octanol–water partition coefficient (Wildman–Crippen LogP) is 2.54. The Labute approximate surface area is 127 Å². The standard InChI is InChI=1S/C18H15NO3/c1-8-9-4-2-3-5-12(9)19-14-10(8)6-7-11-13(14)17-18(22-17)16(21)15(11)20/h2-7,15-18,20-21H,1H3/t15?,16-,17?,18+/m1/s1. The summed E-state index contributed by atoms with van der Waals surface area (Å²) in [6.45, 7) is 2.10. The highest BCUT2D eigenvalue weighted by atomic mass is 16.6. The number of rotatable bonds is 0. The first-order valence-electron chi connectivity index (χ1n) is 7.50. The van der Waals surface area contributed by atoms with E-state index >= 15 is 0 Å². The van der Waals surface area contributed by atoms with Crippen LogP contribution in [0.5, 0.6) is 0 Å². The molecule has 4 heteroatoms. The number of fused-ring (bicyclic) bond motifs is 6. The van der Waals surface area contributed by atoms with Crippen LogP contribution in [0.1, 0.15) is 28.9 Å². The average Bonchev–Trinajstić information content (AvgIpc) is 3.33. The summed E-state index contributed by atoms with van der Waals surface area (Å²) in [5, 5.41) is 22.6. The zero-order chi connectivity index (χ0) is 15.0. The van der Waals surface area contributed by atoms with Crippen molar-refractivity contribution in [1.82, 2.24) is 4.98 Å². The van der Waals surface area contributed by atoms with Gasteiger partial charge in [-0.25, -0.2) is 4.98 Å². The number of aliphatic hydroxyl groups excluding tert-OH is 2. The molecule has 3 aromatic rings. The molecule has 1 saturated heterocycles. The zero-order valence-electron chi connectivity index (χ0n) is 12.0. The molecule has 0 radical (unpaired) electrons. The highest BCUT2D eigenvalue weighted by molar-refractivity contribution is 5.99. The van der Waals surface area contributed by atoms with Gasteiger partial charge in [-0.3, -0.25) is 0 Å². The molecule has 2 aromatic carbocycles. The minimum Gasteiger partial charge on any atom is -0.387 e. The maximum Gasteiger partial charge on any atom is 0.118 e. The van der Waals surface area contributed by atoms with E-state index in [0.29, 0.717) is 0 Å². The van der Waals surface area contributed by atoms with Gasteiger partial charge >= 0.3 is 0 Å². The molecule has 110 valence electrons. The lowest BCUT2D eigenvalue weighted by atomic mass is 9.85. The third-order valence-electron chi connectivity index (χ3n) is 4.98. The molecule has 0 bridgehead atoms. The first-order valence-corrected chi connectivity index (χ1v) is 7.50. The van der Waals surface area contributed by atoms with Crippen molar-refractivity contribution in [3.8, 4) is 0 Å². The summed E-state index contributed by atoms with van der Waals surface area (Å²) in [6, 6.07) is 12.0. The van der Waals surface area contributed by atoms with Crippen molar-refractivity contribution in [3.05, 3.63) is 53.1 Å². The van der Waals surface area contributed by atoms with Gasteiger partial charge in [0.15, 0.2) is 0 Å². The summed E-state index contributed by atoms with van der Waals surface area (Å²) in [5.74, 6) is 0. The SMILES string of the molecule is Cc1c2ccccc2nc2c3c(ccc12)C(O)[C@@H](O)[C@@H]1OC31. The van der Waals surface area contributed by atoms with Crippen LogP contribution in [0, 0.1) is 6.92 Å². The summed E-state index contributed by atoms with van der Waals surface area (Å²) >= 11 is 0. The van der Waals surface area contributed by atoms with E-state index in [2.05, 4.69) is 13.0 Å². The summed E-state index contributed by atoms with van der Waals surface area (Å²) in [4.78, 5) is 4.82. The van der Waals surface area contributed by atoms with Crippen molar-refractivity contribution < 1.29 is 14.9 Å². The van der Waals surface area contributed by atoms with Crippen LogP contribution < -0.4 is 0 Å². The van der Waals surface area contributed by atoms with Gasteiger partial charge in [0.1, 0.15) is 24.4 Å². The summed E-state index contributed by atoms with van der Waals surface area (Å²) in [7, 11) is 0. The van der Waals surface area contributed by atoms with Gasteiger partial charge in [0, 0.05) is 16.3 Å². The Hall–Kier alpha value is -2.01. The van der Waals surface area contributed by atoms with Gasteiger partial charge in [-0.15, -0.1) is 0 Å². The molecule has 0 spiro atoms. The van der Waals surface area contributed by atoms with Gasteiger partial charge in [-0.05, 0) is 24.1 Å². The van der Waals surface area contributed by atoms with Crippen molar-refractivity contribution in [1.29, 1.82) is 0 Å². The van der Waals surface area contributed by atoms with Crippen LogP contribution in [0.4, 0.5) is 0 Å². The molecule has 5 rings (SSSR count). The number of aryl methyl sites for hydroxylation is 1. The lowest BCUT2D eigenvalue weighted by Crippen LogP contribution is -2.29. The molecule has 4 atom stereocenters. The molecule has 1 fully saturated rings. The Morgan fingerprint density at radius 2 is 1.86 bits per heavy atom. The smallest absolute Gasteiger partial charge is 0.118 e. The van der Waals surface area contributed by atoms with Gasteiger partial charge in [0.2, 0.25) is 0 Å². The second-order valence-electron chi connectivity index (χ2n) is 6.18. The second kappa shape index (κ2) is 4.04. The number of pyridine rings is 1. The molecular formula is C18H15NO3. The van der Waals surface area contributed by atoms with Gasteiger partial charge in [0.25, 0.3) is 0 Å². The molecule has 2 N–H and O–H groups in total. The van der Waals surface area contributed by atoms with E-state index in [4.69, 9.17) is 9.72 Å². The molecule has 2 aliphatic rings. The Bertz CT molecular complexity index is 936. The van der Waals surface area contributed by atoms with E-state index in [1.807, 2.05) is 30.3 Å². The van der Waals surface area contributed by atoms with Crippen LogP contribution in [0.3, 0.4) is 0 Å². The Morgan fingerprint density at radius 3 is 2.73 bits per heavy atom. The van der Waals surface area contributed by atoms with Gasteiger partial charge in [-0.1, -0.05) is 30.3 Å². The van der Waals surface area contributed by atoms with Crippen LogP contribution in [0.15, 0.2) is 36.4 Å². The van der Waals surface area contributed by atoms with Crippen molar-refractivity contribution in [2.45, 2.75) is 31.3 Å². The topological polar surface area (TPSA) is 65.9 Å². The van der Waals surface area contributed by atoms with Gasteiger partial charge < -0.3 is 14.9 Å². The lowest BCUT2D eigenvalue weighted by Gasteiger charge is -2.24. The van der Waals surface area contributed by atoms with Gasteiger partial charge in [-0.2, -0.15) is 0 Å². The summed E-state index contributed by atoms with van der Waals surface area (Å²) < 4.78 is 5.60. The molecular weight excluding hydrogens is 278 g/mol. The van der Waals surface area contributed by atoms with Crippen molar-refractivity contribution in [2.24, 2.45) is 0 Å². The summed E-state index contributed by atoms with van der Waals surface area (Å²) in [5.41, 5.74) is 4.68. The van der Waals surface area contributed by atoms with Crippen molar-refractivity contribution in [3.63, 3.8) is 0 Å². The van der Waals surface area contributed by atoms with E-state index in [-0.39, 0.29) is 12.2 Å². The minimum atomic E-state index is -0.906. The molecule has 1 aliphatic carbocycles. The normalized spacial score (nSPS) is 29.4. The Balaban J connectivity index is 1.91. The summed E-state index contributed by atoms with van der Waals surface area (Å²) in [6.07, 6.45) is -2.21. The Morgan fingerprint density at radius 1 is 1.05 bits per heavy atom. The fraction of sp³-hybridized carbons (Fsp3) is 0.278. The third-order valence-corrected chi connectivity index (χ3v) is 4.98. The van der Waals surface area contributed by atoms with Crippen molar-refractivity contribution >= 4 is 21.8 Å². The number of benzene rings is 2. The lowest BCUT2D eigenvalue weighted by molar-refractivity contribution is 0.0000939. The van der Waals surface area contributed by atoms with Gasteiger partial charge in [0.05, 0.1) is 11.0 Å².